The Balaban J connectivity index is 2.06. The Hall–Kier alpha value is -1.84. The lowest BCUT2D eigenvalue weighted by Crippen LogP contribution is -2.32. The molecule has 0 spiro atoms. The van der Waals surface area contributed by atoms with E-state index in [0.717, 1.165) is 50.0 Å². The van der Waals surface area contributed by atoms with Crippen molar-refractivity contribution in [3.8, 4) is 0 Å². The molecular weight excluding hydrogens is 276 g/mol. The molecule has 2 rings (SSSR count). The summed E-state index contributed by atoms with van der Waals surface area (Å²) in [7, 11) is 0. The minimum atomic E-state index is 0.0885. The molecule has 0 radical (unpaired) electrons. The van der Waals surface area contributed by atoms with E-state index in [9.17, 15) is 9.59 Å². The predicted molar refractivity (Wildman–Crippen MR) is 87.6 cm³/mol. The first kappa shape index (κ1) is 16.5. The highest BCUT2D eigenvalue weighted by molar-refractivity contribution is 5.94. The van der Waals surface area contributed by atoms with Crippen molar-refractivity contribution in [2.75, 3.05) is 19.6 Å². The number of nitrogens with zero attached hydrogens (tertiary/aromatic N) is 2. The van der Waals surface area contributed by atoms with E-state index in [1.54, 1.807) is 0 Å². The third-order valence-corrected chi connectivity index (χ3v) is 4.17. The molecular formula is C18H26N2O2. The van der Waals surface area contributed by atoms with Gasteiger partial charge in [0, 0.05) is 38.2 Å². The van der Waals surface area contributed by atoms with Crippen LogP contribution in [0.1, 0.15) is 55.5 Å². The van der Waals surface area contributed by atoms with E-state index >= 15 is 0 Å². The van der Waals surface area contributed by atoms with E-state index in [-0.39, 0.29) is 11.8 Å². The molecule has 120 valence electrons. The van der Waals surface area contributed by atoms with Crippen LogP contribution in [0.3, 0.4) is 0 Å². The second kappa shape index (κ2) is 7.97. The molecule has 0 N–H and O–H groups in total. The lowest BCUT2D eigenvalue weighted by molar-refractivity contribution is -0.128. The lowest BCUT2D eigenvalue weighted by Gasteiger charge is -2.21. The molecule has 0 aliphatic carbocycles. The van der Waals surface area contributed by atoms with Gasteiger partial charge in [0.25, 0.3) is 5.91 Å². The lowest BCUT2D eigenvalue weighted by atomic mass is 10.1. The minimum absolute atomic E-state index is 0.0885. The number of carbonyl (C=O) groups excluding carboxylic acids is 2. The molecule has 1 fully saturated rings. The van der Waals surface area contributed by atoms with Crippen LogP contribution in [-0.2, 0) is 11.3 Å². The highest BCUT2D eigenvalue weighted by atomic mass is 16.2. The normalized spacial score (nSPS) is 14.5. The topological polar surface area (TPSA) is 40.6 Å². The summed E-state index contributed by atoms with van der Waals surface area (Å²) in [5.74, 6) is 0.306. The monoisotopic (exact) mass is 302 g/mol. The van der Waals surface area contributed by atoms with Crippen LogP contribution < -0.4 is 0 Å². The fraction of sp³-hybridized carbons (Fsp3) is 0.556. The molecule has 1 saturated heterocycles. The van der Waals surface area contributed by atoms with Crippen LogP contribution in [-0.4, -0.2) is 41.2 Å². The first-order valence-corrected chi connectivity index (χ1v) is 8.31. The second-order valence-corrected chi connectivity index (χ2v) is 5.86. The fourth-order valence-electron chi connectivity index (χ4n) is 2.83. The summed E-state index contributed by atoms with van der Waals surface area (Å²) in [5, 5.41) is 0. The van der Waals surface area contributed by atoms with Gasteiger partial charge < -0.3 is 9.80 Å². The third-order valence-electron chi connectivity index (χ3n) is 4.17. The Bertz CT molecular complexity index is 528. The van der Waals surface area contributed by atoms with Gasteiger partial charge in [-0.15, -0.1) is 0 Å². The van der Waals surface area contributed by atoms with E-state index in [2.05, 4.69) is 6.92 Å². The van der Waals surface area contributed by atoms with Crippen molar-refractivity contribution in [1.82, 2.24) is 9.80 Å². The van der Waals surface area contributed by atoms with E-state index in [4.69, 9.17) is 0 Å². The molecule has 4 heteroatoms. The molecule has 22 heavy (non-hydrogen) atoms. The van der Waals surface area contributed by atoms with Crippen molar-refractivity contribution in [3.63, 3.8) is 0 Å². The van der Waals surface area contributed by atoms with Crippen molar-refractivity contribution < 1.29 is 9.59 Å². The number of carbonyl (C=O) groups is 2. The van der Waals surface area contributed by atoms with E-state index in [1.807, 2.05) is 41.0 Å². The first-order chi connectivity index (χ1) is 10.7. The summed E-state index contributed by atoms with van der Waals surface area (Å²) in [4.78, 5) is 28.1. The number of hydrogen-bond acceptors (Lipinski definition) is 2. The third kappa shape index (κ3) is 4.09. The molecule has 2 amide bonds. The van der Waals surface area contributed by atoms with Gasteiger partial charge in [0.2, 0.25) is 5.91 Å². The largest absolute Gasteiger partial charge is 0.339 e. The summed E-state index contributed by atoms with van der Waals surface area (Å²) < 4.78 is 0. The zero-order valence-electron chi connectivity index (χ0n) is 13.7. The van der Waals surface area contributed by atoms with Gasteiger partial charge in [-0.05, 0) is 37.5 Å². The van der Waals surface area contributed by atoms with Gasteiger partial charge in [-0.25, -0.2) is 0 Å². The van der Waals surface area contributed by atoms with Crippen LogP contribution in [0.15, 0.2) is 24.3 Å². The van der Waals surface area contributed by atoms with Gasteiger partial charge in [0.05, 0.1) is 0 Å². The van der Waals surface area contributed by atoms with Gasteiger partial charge in [-0.1, -0.05) is 25.5 Å². The molecule has 0 unspecified atom stereocenters. The highest BCUT2D eigenvalue weighted by Gasteiger charge is 2.20. The summed E-state index contributed by atoms with van der Waals surface area (Å²) in [5.41, 5.74) is 1.76. The Morgan fingerprint density at radius 2 is 2.14 bits per heavy atom. The Morgan fingerprint density at radius 1 is 1.32 bits per heavy atom. The molecule has 0 bridgehead atoms. The maximum absolute atomic E-state index is 12.6. The van der Waals surface area contributed by atoms with Crippen molar-refractivity contribution in [2.45, 2.75) is 46.1 Å². The van der Waals surface area contributed by atoms with Crippen molar-refractivity contribution in [1.29, 1.82) is 0 Å². The zero-order chi connectivity index (χ0) is 15.9. The summed E-state index contributed by atoms with van der Waals surface area (Å²) in [6.07, 6.45) is 3.71. The number of unbranched alkanes of at least 4 members (excludes halogenated alkanes) is 1. The first-order valence-electron chi connectivity index (χ1n) is 8.31. The van der Waals surface area contributed by atoms with E-state index < -0.39 is 0 Å². The standard InChI is InChI=1S/C18H26N2O2/c1-3-5-11-19(4-2)18(22)16-9-6-8-15(13-16)14-20-12-7-10-17(20)21/h6,8-9,13H,3-5,7,10-12,14H2,1-2H3. The van der Waals surface area contributed by atoms with Crippen molar-refractivity contribution in [3.05, 3.63) is 35.4 Å². The van der Waals surface area contributed by atoms with Crippen LogP contribution in [0, 0.1) is 0 Å². The van der Waals surface area contributed by atoms with Gasteiger partial charge in [-0.3, -0.25) is 9.59 Å². The van der Waals surface area contributed by atoms with Gasteiger partial charge in [0.1, 0.15) is 0 Å². The summed E-state index contributed by atoms with van der Waals surface area (Å²) in [6, 6.07) is 7.70. The summed E-state index contributed by atoms with van der Waals surface area (Å²) in [6.45, 7) is 7.12. The molecule has 0 saturated carbocycles. The molecule has 1 aliphatic heterocycles. The molecule has 4 nitrogen and oxygen atoms in total. The average molecular weight is 302 g/mol. The van der Waals surface area contributed by atoms with Crippen LogP contribution in [0.4, 0.5) is 0 Å². The second-order valence-electron chi connectivity index (χ2n) is 5.86. The van der Waals surface area contributed by atoms with Gasteiger partial charge >= 0.3 is 0 Å². The zero-order valence-corrected chi connectivity index (χ0v) is 13.7. The maximum Gasteiger partial charge on any atom is 0.253 e. The van der Waals surface area contributed by atoms with E-state index in [1.165, 1.54) is 0 Å². The highest BCUT2D eigenvalue weighted by Crippen LogP contribution is 2.16. The quantitative estimate of drug-likeness (QED) is 0.776. The van der Waals surface area contributed by atoms with Crippen LogP contribution in [0.2, 0.25) is 0 Å². The summed E-state index contributed by atoms with van der Waals surface area (Å²) >= 11 is 0. The van der Waals surface area contributed by atoms with Gasteiger partial charge in [-0.2, -0.15) is 0 Å². The Morgan fingerprint density at radius 3 is 2.77 bits per heavy atom. The van der Waals surface area contributed by atoms with Crippen LogP contribution in [0.5, 0.6) is 0 Å². The fourth-order valence-corrected chi connectivity index (χ4v) is 2.83. The van der Waals surface area contributed by atoms with Gasteiger partial charge in [0.15, 0.2) is 0 Å². The minimum Gasteiger partial charge on any atom is -0.339 e. The maximum atomic E-state index is 12.6. The number of likely N-dealkylation sites (tertiary alicyclic amines) is 1. The number of amides is 2. The average Bonchev–Trinajstić information content (AvgIpc) is 2.93. The van der Waals surface area contributed by atoms with Crippen LogP contribution in [0.25, 0.3) is 0 Å². The van der Waals surface area contributed by atoms with E-state index in [0.29, 0.717) is 13.0 Å². The molecule has 0 aromatic heterocycles. The van der Waals surface area contributed by atoms with Crippen molar-refractivity contribution >= 4 is 11.8 Å². The number of rotatable bonds is 7. The molecule has 1 heterocycles. The predicted octanol–water partition coefficient (Wildman–Crippen LogP) is 3.07. The number of hydrogen-bond donors (Lipinski definition) is 0. The molecule has 1 aromatic rings. The molecule has 1 aromatic carbocycles. The number of benzene rings is 1. The van der Waals surface area contributed by atoms with Crippen LogP contribution >= 0.6 is 0 Å². The Kier molecular flexibility index (Phi) is 5.99. The van der Waals surface area contributed by atoms with Crippen molar-refractivity contribution in [2.24, 2.45) is 0 Å². The smallest absolute Gasteiger partial charge is 0.253 e. The molecule has 1 aliphatic rings. The SMILES string of the molecule is CCCCN(CC)C(=O)c1cccc(CN2CCCC2=O)c1. The Labute approximate surface area is 133 Å². The molecule has 0 atom stereocenters.